The third-order valence-electron chi connectivity index (χ3n) is 3.56. The van der Waals surface area contributed by atoms with Gasteiger partial charge in [-0.1, -0.05) is 25.1 Å². The zero-order chi connectivity index (χ0) is 10.7. The van der Waals surface area contributed by atoms with E-state index in [4.69, 9.17) is 0 Å². The maximum atomic E-state index is 3.42. The van der Waals surface area contributed by atoms with E-state index in [1.807, 2.05) is 0 Å². The fourth-order valence-electron chi connectivity index (χ4n) is 2.52. The Morgan fingerprint density at radius 2 is 2.00 bits per heavy atom. The minimum atomic E-state index is 0.788. The molecule has 1 N–H and O–H groups in total. The fraction of sp³-hybridized carbons (Fsp3) is 0.571. The third-order valence-corrected chi connectivity index (χ3v) is 3.56. The van der Waals surface area contributed by atoms with Crippen molar-refractivity contribution < 1.29 is 0 Å². The molecule has 0 atom stereocenters. The van der Waals surface area contributed by atoms with Crippen molar-refractivity contribution in [2.75, 3.05) is 13.1 Å². The van der Waals surface area contributed by atoms with Crippen LogP contribution in [0.2, 0.25) is 0 Å². The molecule has 0 unspecified atom stereocenters. The largest absolute Gasteiger partial charge is 0.317 e. The zero-order valence-corrected chi connectivity index (χ0v) is 9.84. The van der Waals surface area contributed by atoms with Crippen molar-refractivity contribution in [2.24, 2.45) is 0 Å². The predicted molar refractivity (Wildman–Crippen MR) is 65.4 cm³/mol. The number of piperidine rings is 1. The van der Waals surface area contributed by atoms with Crippen LogP contribution < -0.4 is 5.32 Å². The smallest absolute Gasteiger partial charge is 0.00431 e. The van der Waals surface area contributed by atoms with E-state index in [0.29, 0.717) is 0 Å². The highest BCUT2D eigenvalue weighted by molar-refractivity contribution is 5.33. The number of hydrogen-bond donors (Lipinski definition) is 1. The summed E-state index contributed by atoms with van der Waals surface area (Å²) in [5, 5.41) is 3.42. The summed E-state index contributed by atoms with van der Waals surface area (Å²) in [6.45, 7) is 6.83. The molecular weight excluding hydrogens is 182 g/mol. The molecule has 15 heavy (non-hydrogen) atoms. The molecule has 1 aliphatic rings. The Hall–Kier alpha value is -0.820. The second kappa shape index (κ2) is 4.80. The van der Waals surface area contributed by atoms with E-state index in [2.05, 4.69) is 37.4 Å². The molecule has 1 fully saturated rings. The van der Waals surface area contributed by atoms with E-state index in [1.54, 1.807) is 5.56 Å². The molecule has 0 saturated carbocycles. The summed E-state index contributed by atoms with van der Waals surface area (Å²) >= 11 is 0. The minimum absolute atomic E-state index is 0.788. The molecule has 0 spiro atoms. The molecule has 1 heteroatoms. The fourth-order valence-corrected chi connectivity index (χ4v) is 2.52. The van der Waals surface area contributed by atoms with Gasteiger partial charge >= 0.3 is 0 Å². The van der Waals surface area contributed by atoms with Gasteiger partial charge in [0, 0.05) is 0 Å². The maximum Gasteiger partial charge on any atom is -0.00431 e. The zero-order valence-electron chi connectivity index (χ0n) is 9.84. The van der Waals surface area contributed by atoms with Gasteiger partial charge in [0.1, 0.15) is 0 Å². The van der Waals surface area contributed by atoms with Crippen LogP contribution in [0.1, 0.15) is 42.4 Å². The van der Waals surface area contributed by atoms with Gasteiger partial charge in [-0.15, -0.1) is 0 Å². The lowest BCUT2D eigenvalue weighted by atomic mass is 9.88. The Labute approximate surface area is 92.9 Å². The summed E-state index contributed by atoms with van der Waals surface area (Å²) in [6, 6.07) is 7.04. The molecule has 1 nitrogen and oxygen atoms in total. The molecular formula is C14H21N. The molecule has 1 heterocycles. The highest BCUT2D eigenvalue weighted by atomic mass is 14.9. The number of hydrogen-bond acceptors (Lipinski definition) is 1. The maximum absolute atomic E-state index is 3.42. The van der Waals surface area contributed by atoms with Crippen LogP contribution in [0.3, 0.4) is 0 Å². The van der Waals surface area contributed by atoms with Crippen LogP contribution in [0.5, 0.6) is 0 Å². The minimum Gasteiger partial charge on any atom is -0.317 e. The molecule has 1 aromatic rings. The van der Waals surface area contributed by atoms with Crippen molar-refractivity contribution in [3.63, 3.8) is 0 Å². The molecule has 0 aliphatic carbocycles. The summed E-state index contributed by atoms with van der Waals surface area (Å²) in [6.07, 6.45) is 3.74. The van der Waals surface area contributed by atoms with Gasteiger partial charge in [0.25, 0.3) is 0 Å². The van der Waals surface area contributed by atoms with Gasteiger partial charge in [0.2, 0.25) is 0 Å². The van der Waals surface area contributed by atoms with Crippen molar-refractivity contribution in [3.05, 3.63) is 34.9 Å². The number of benzene rings is 1. The van der Waals surface area contributed by atoms with Gasteiger partial charge in [0.15, 0.2) is 0 Å². The van der Waals surface area contributed by atoms with Crippen molar-refractivity contribution in [3.8, 4) is 0 Å². The van der Waals surface area contributed by atoms with Crippen molar-refractivity contribution in [1.29, 1.82) is 0 Å². The molecule has 0 aromatic heterocycles. The lowest BCUT2D eigenvalue weighted by Gasteiger charge is -2.23. The lowest BCUT2D eigenvalue weighted by molar-refractivity contribution is 0.460. The first-order chi connectivity index (χ1) is 7.31. The first-order valence-electron chi connectivity index (χ1n) is 6.11. The monoisotopic (exact) mass is 203 g/mol. The molecule has 1 aliphatic heterocycles. The number of rotatable bonds is 2. The van der Waals surface area contributed by atoms with Gasteiger partial charge in [-0.25, -0.2) is 0 Å². The second-order valence-electron chi connectivity index (χ2n) is 4.56. The van der Waals surface area contributed by atoms with E-state index in [0.717, 1.165) is 12.3 Å². The quantitative estimate of drug-likeness (QED) is 0.779. The van der Waals surface area contributed by atoms with Crippen LogP contribution >= 0.6 is 0 Å². The Morgan fingerprint density at radius 3 is 2.60 bits per heavy atom. The SMILES string of the molecule is CCc1ccc(C2CCNCC2)cc1C. The van der Waals surface area contributed by atoms with Crippen molar-refractivity contribution in [2.45, 2.75) is 39.0 Å². The average molecular weight is 203 g/mol. The Bertz CT molecular complexity index is 324. The lowest BCUT2D eigenvalue weighted by Crippen LogP contribution is -2.26. The van der Waals surface area contributed by atoms with Gasteiger partial charge in [-0.05, 0) is 61.9 Å². The summed E-state index contributed by atoms with van der Waals surface area (Å²) in [5.74, 6) is 0.788. The van der Waals surface area contributed by atoms with Gasteiger partial charge in [-0.3, -0.25) is 0 Å². The standard InChI is InChI=1S/C14H21N/c1-3-12-4-5-14(10-11(12)2)13-6-8-15-9-7-13/h4-5,10,13,15H,3,6-9H2,1-2H3. The van der Waals surface area contributed by atoms with Gasteiger partial charge < -0.3 is 5.32 Å². The van der Waals surface area contributed by atoms with E-state index >= 15 is 0 Å². The topological polar surface area (TPSA) is 12.0 Å². The molecule has 1 aromatic carbocycles. The van der Waals surface area contributed by atoms with Crippen LogP contribution in [-0.2, 0) is 6.42 Å². The van der Waals surface area contributed by atoms with E-state index in [9.17, 15) is 0 Å². The number of nitrogens with one attached hydrogen (secondary N) is 1. The summed E-state index contributed by atoms with van der Waals surface area (Å²) in [7, 11) is 0. The highest BCUT2D eigenvalue weighted by Crippen LogP contribution is 2.26. The summed E-state index contributed by atoms with van der Waals surface area (Å²) in [5.41, 5.74) is 4.51. The van der Waals surface area contributed by atoms with E-state index in [-0.39, 0.29) is 0 Å². The molecule has 0 radical (unpaired) electrons. The Morgan fingerprint density at radius 1 is 1.27 bits per heavy atom. The molecule has 82 valence electrons. The second-order valence-corrected chi connectivity index (χ2v) is 4.56. The molecule has 0 amide bonds. The predicted octanol–water partition coefficient (Wildman–Crippen LogP) is 3.02. The van der Waals surface area contributed by atoms with Gasteiger partial charge in [0.05, 0.1) is 0 Å². The molecule has 0 bridgehead atoms. The highest BCUT2D eigenvalue weighted by Gasteiger charge is 2.15. The van der Waals surface area contributed by atoms with Gasteiger partial charge in [-0.2, -0.15) is 0 Å². The first-order valence-corrected chi connectivity index (χ1v) is 6.11. The van der Waals surface area contributed by atoms with Crippen LogP contribution in [0.15, 0.2) is 18.2 Å². The Kier molecular flexibility index (Phi) is 3.42. The van der Waals surface area contributed by atoms with Crippen LogP contribution in [0.25, 0.3) is 0 Å². The Balaban J connectivity index is 2.17. The first kappa shape index (κ1) is 10.7. The van der Waals surface area contributed by atoms with Crippen LogP contribution in [0, 0.1) is 6.92 Å². The van der Waals surface area contributed by atoms with Crippen LogP contribution in [-0.4, -0.2) is 13.1 Å². The average Bonchev–Trinajstić information content (AvgIpc) is 2.30. The van der Waals surface area contributed by atoms with E-state index in [1.165, 1.54) is 37.1 Å². The number of aryl methyl sites for hydroxylation is 2. The summed E-state index contributed by atoms with van der Waals surface area (Å²) in [4.78, 5) is 0. The molecule has 2 rings (SSSR count). The van der Waals surface area contributed by atoms with Crippen LogP contribution in [0.4, 0.5) is 0 Å². The third kappa shape index (κ3) is 2.40. The summed E-state index contributed by atoms with van der Waals surface area (Å²) < 4.78 is 0. The van der Waals surface area contributed by atoms with Crippen molar-refractivity contribution in [1.82, 2.24) is 5.32 Å². The normalized spacial score (nSPS) is 18.0. The van der Waals surface area contributed by atoms with E-state index < -0.39 is 0 Å². The molecule has 1 saturated heterocycles. The van der Waals surface area contributed by atoms with Crippen molar-refractivity contribution >= 4 is 0 Å².